The van der Waals surface area contributed by atoms with E-state index >= 15 is 0 Å². The van der Waals surface area contributed by atoms with Gasteiger partial charge in [-0.25, -0.2) is 9.18 Å². The Morgan fingerprint density at radius 1 is 1.03 bits per heavy atom. The Bertz CT molecular complexity index is 1070. The summed E-state index contributed by atoms with van der Waals surface area (Å²) >= 11 is 0. The van der Waals surface area contributed by atoms with E-state index in [2.05, 4.69) is 0 Å². The van der Waals surface area contributed by atoms with Crippen LogP contribution >= 0.6 is 0 Å². The number of piperazine rings is 1. The molecule has 1 amide bonds. The van der Waals surface area contributed by atoms with E-state index in [-0.39, 0.29) is 31.9 Å². The van der Waals surface area contributed by atoms with Gasteiger partial charge in [-0.2, -0.15) is 13.2 Å². The van der Waals surface area contributed by atoms with Gasteiger partial charge in [0.2, 0.25) is 0 Å². The summed E-state index contributed by atoms with van der Waals surface area (Å²) in [7, 11) is 2.84. The third-order valence-corrected chi connectivity index (χ3v) is 4.85. The second-order valence-electron chi connectivity index (χ2n) is 6.74. The lowest BCUT2D eigenvalue weighted by atomic mass is 10.0. The standard InChI is InChI=1S/C18H18F4N4O3/c1-23-10-14(16(28)24(2)17(23)29)25-5-7-26(8-6-25)15(27)12-9-11(19)3-4-13(12)18(20,21)22/h3-4,9-10H,5-8H2,1-2H3. The molecule has 0 radical (unpaired) electrons. The Hall–Kier alpha value is -3.11. The molecule has 1 aliphatic heterocycles. The number of halogens is 4. The summed E-state index contributed by atoms with van der Waals surface area (Å²) in [6.45, 7) is 0.434. The van der Waals surface area contributed by atoms with Crippen molar-refractivity contribution < 1.29 is 22.4 Å². The van der Waals surface area contributed by atoms with E-state index in [1.165, 1.54) is 29.8 Å². The summed E-state index contributed by atoms with van der Waals surface area (Å²) in [5.41, 5.74) is -2.68. The van der Waals surface area contributed by atoms with Gasteiger partial charge in [0.05, 0.1) is 11.1 Å². The van der Waals surface area contributed by atoms with Crippen molar-refractivity contribution in [2.45, 2.75) is 6.18 Å². The summed E-state index contributed by atoms with van der Waals surface area (Å²) < 4.78 is 55.2. The summed E-state index contributed by atoms with van der Waals surface area (Å²) in [5, 5.41) is 0. The Balaban J connectivity index is 1.82. The van der Waals surface area contributed by atoms with Gasteiger partial charge in [0.15, 0.2) is 0 Å². The maximum Gasteiger partial charge on any atom is 0.417 e. The molecule has 0 bridgehead atoms. The Labute approximate surface area is 162 Å². The van der Waals surface area contributed by atoms with Crippen molar-refractivity contribution in [1.82, 2.24) is 14.0 Å². The van der Waals surface area contributed by atoms with Crippen molar-refractivity contribution in [2.24, 2.45) is 14.1 Å². The van der Waals surface area contributed by atoms with Crippen LogP contribution in [-0.2, 0) is 20.3 Å². The fourth-order valence-corrected chi connectivity index (χ4v) is 3.27. The minimum Gasteiger partial charge on any atom is -0.362 e. The molecule has 11 heteroatoms. The molecule has 1 fully saturated rings. The SMILES string of the molecule is Cn1cc(N2CCN(C(=O)c3cc(F)ccc3C(F)(F)F)CC2)c(=O)n(C)c1=O. The Morgan fingerprint density at radius 2 is 1.66 bits per heavy atom. The average Bonchev–Trinajstić information content (AvgIpc) is 2.67. The predicted molar refractivity (Wildman–Crippen MR) is 96.4 cm³/mol. The molecule has 1 aromatic heterocycles. The molecule has 0 aliphatic carbocycles. The maximum absolute atomic E-state index is 13.5. The molecular weight excluding hydrogens is 396 g/mol. The molecule has 2 aromatic rings. The minimum absolute atomic E-state index is 0.0403. The molecule has 0 saturated carbocycles. The first-order valence-corrected chi connectivity index (χ1v) is 8.68. The van der Waals surface area contributed by atoms with Crippen molar-refractivity contribution >= 4 is 11.6 Å². The number of rotatable bonds is 2. The minimum atomic E-state index is -4.79. The lowest BCUT2D eigenvalue weighted by Crippen LogP contribution is -2.51. The lowest BCUT2D eigenvalue weighted by Gasteiger charge is -2.36. The van der Waals surface area contributed by atoms with E-state index in [4.69, 9.17) is 0 Å². The van der Waals surface area contributed by atoms with E-state index < -0.39 is 40.3 Å². The Morgan fingerprint density at radius 3 is 2.24 bits per heavy atom. The van der Waals surface area contributed by atoms with Crippen LogP contribution < -0.4 is 16.1 Å². The number of hydrogen-bond donors (Lipinski definition) is 0. The molecular formula is C18H18F4N4O3. The van der Waals surface area contributed by atoms with E-state index in [0.29, 0.717) is 18.2 Å². The van der Waals surface area contributed by atoms with Gasteiger partial charge in [-0.15, -0.1) is 0 Å². The molecule has 7 nitrogen and oxygen atoms in total. The third kappa shape index (κ3) is 3.89. The van der Waals surface area contributed by atoms with Crippen molar-refractivity contribution in [2.75, 3.05) is 31.1 Å². The smallest absolute Gasteiger partial charge is 0.362 e. The van der Waals surface area contributed by atoms with E-state index in [1.807, 2.05) is 0 Å². The number of nitrogens with zero attached hydrogens (tertiary/aromatic N) is 4. The van der Waals surface area contributed by atoms with Crippen LogP contribution in [0.15, 0.2) is 34.0 Å². The normalized spacial score (nSPS) is 15.0. The zero-order chi connectivity index (χ0) is 21.5. The highest BCUT2D eigenvalue weighted by Crippen LogP contribution is 2.33. The number of aromatic nitrogens is 2. The number of hydrogen-bond acceptors (Lipinski definition) is 4. The van der Waals surface area contributed by atoms with Crippen LogP contribution in [0.2, 0.25) is 0 Å². The number of amides is 1. The second kappa shape index (κ2) is 7.37. The van der Waals surface area contributed by atoms with Gasteiger partial charge in [0, 0.05) is 46.5 Å². The molecule has 0 atom stereocenters. The molecule has 1 saturated heterocycles. The zero-order valence-corrected chi connectivity index (χ0v) is 15.7. The van der Waals surface area contributed by atoms with E-state index in [0.717, 1.165) is 4.57 Å². The van der Waals surface area contributed by atoms with Crippen molar-refractivity contribution in [3.63, 3.8) is 0 Å². The van der Waals surface area contributed by atoms with Crippen molar-refractivity contribution in [3.05, 3.63) is 62.2 Å². The van der Waals surface area contributed by atoms with Gasteiger partial charge < -0.3 is 14.4 Å². The summed E-state index contributed by atoms with van der Waals surface area (Å²) in [4.78, 5) is 39.6. The molecule has 29 heavy (non-hydrogen) atoms. The maximum atomic E-state index is 13.5. The van der Waals surface area contributed by atoms with Gasteiger partial charge >= 0.3 is 11.9 Å². The van der Waals surface area contributed by atoms with Gasteiger partial charge in [-0.05, 0) is 18.2 Å². The fraction of sp³-hybridized carbons (Fsp3) is 0.389. The van der Waals surface area contributed by atoms with E-state index in [1.54, 1.807) is 4.90 Å². The molecule has 156 valence electrons. The highest BCUT2D eigenvalue weighted by molar-refractivity contribution is 5.96. The van der Waals surface area contributed by atoms with Gasteiger partial charge in [-0.3, -0.25) is 14.2 Å². The number of carbonyl (C=O) groups is 1. The van der Waals surface area contributed by atoms with Crippen LogP contribution in [0.4, 0.5) is 23.2 Å². The molecule has 2 heterocycles. The number of anilines is 1. The Kier molecular flexibility index (Phi) is 5.24. The topological polar surface area (TPSA) is 67.5 Å². The predicted octanol–water partition coefficient (Wildman–Crippen LogP) is 1.20. The first-order chi connectivity index (χ1) is 13.5. The highest BCUT2D eigenvalue weighted by Gasteiger charge is 2.37. The molecule has 1 aliphatic rings. The van der Waals surface area contributed by atoms with Crippen LogP contribution in [0.5, 0.6) is 0 Å². The van der Waals surface area contributed by atoms with Crippen molar-refractivity contribution in [3.8, 4) is 0 Å². The van der Waals surface area contributed by atoms with Gasteiger partial charge in [-0.1, -0.05) is 0 Å². The summed E-state index contributed by atoms with van der Waals surface area (Å²) in [5.74, 6) is -1.86. The molecule has 0 unspecified atom stereocenters. The molecule has 0 spiro atoms. The molecule has 1 aromatic carbocycles. The average molecular weight is 414 g/mol. The van der Waals surface area contributed by atoms with E-state index in [9.17, 15) is 31.9 Å². The number of benzene rings is 1. The van der Waals surface area contributed by atoms with Crippen LogP contribution in [0.25, 0.3) is 0 Å². The second-order valence-corrected chi connectivity index (χ2v) is 6.74. The lowest BCUT2D eigenvalue weighted by molar-refractivity contribution is -0.138. The van der Waals surface area contributed by atoms with Crippen LogP contribution in [-0.4, -0.2) is 46.1 Å². The van der Waals surface area contributed by atoms with Crippen LogP contribution in [0, 0.1) is 5.82 Å². The van der Waals surface area contributed by atoms with Gasteiger partial charge in [0.1, 0.15) is 11.5 Å². The largest absolute Gasteiger partial charge is 0.417 e. The number of aryl methyl sites for hydroxylation is 1. The number of carbonyl (C=O) groups excluding carboxylic acids is 1. The number of alkyl halides is 3. The summed E-state index contributed by atoms with van der Waals surface area (Å²) in [6, 6.07) is 1.79. The first kappa shape index (κ1) is 20.6. The summed E-state index contributed by atoms with van der Waals surface area (Å²) in [6.07, 6.45) is -3.40. The first-order valence-electron chi connectivity index (χ1n) is 8.68. The van der Waals surface area contributed by atoms with Crippen LogP contribution in [0.3, 0.4) is 0 Å². The molecule has 0 N–H and O–H groups in total. The monoisotopic (exact) mass is 414 g/mol. The fourth-order valence-electron chi connectivity index (χ4n) is 3.27. The zero-order valence-electron chi connectivity index (χ0n) is 15.7. The van der Waals surface area contributed by atoms with Gasteiger partial charge in [0.25, 0.3) is 11.5 Å². The quantitative estimate of drug-likeness (QED) is 0.693. The highest BCUT2D eigenvalue weighted by atomic mass is 19.4. The van der Waals surface area contributed by atoms with Crippen molar-refractivity contribution in [1.29, 1.82) is 0 Å². The molecule has 3 rings (SSSR count). The van der Waals surface area contributed by atoms with Crippen LogP contribution in [0.1, 0.15) is 15.9 Å². The third-order valence-electron chi connectivity index (χ3n) is 4.85.